The van der Waals surface area contributed by atoms with Crippen LogP contribution < -0.4 is 4.74 Å². The zero-order valence-electron chi connectivity index (χ0n) is 11.4. The van der Waals surface area contributed by atoms with Crippen molar-refractivity contribution in [1.82, 2.24) is 0 Å². The minimum atomic E-state index is -0.919. The quantitative estimate of drug-likeness (QED) is 0.897. The normalized spacial score (nSPS) is 11.5. The van der Waals surface area contributed by atoms with E-state index in [-0.39, 0.29) is 5.60 Å². The number of hydrogen-bond donors (Lipinski definition) is 1. The van der Waals surface area contributed by atoms with Gasteiger partial charge in [-0.05, 0) is 37.8 Å². The summed E-state index contributed by atoms with van der Waals surface area (Å²) in [6, 6.07) is 10.8. The topological polar surface area (TPSA) is 46.5 Å². The van der Waals surface area contributed by atoms with E-state index in [1.807, 2.05) is 38.1 Å². The van der Waals surface area contributed by atoms with Gasteiger partial charge < -0.3 is 9.84 Å². The average molecular weight is 258 g/mol. The highest BCUT2D eigenvalue weighted by Gasteiger charge is 2.19. The lowest BCUT2D eigenvalue weighted by atomic mass is 10.0. The lowest BCUT2D eigenvalue weighted by molar-refractivity contribution is 0.0699. The predicted molar refractivity (Wildman–Crippen MR) is 75.9 cm³/mol. The van der Waals surface area contributed by atoms with Gasteiger partial charge in [0.2, 0.25) is 0 Å². The van der Waals surface area contributed by atoms with Gasteiger partial charge in [-0.2, -0.15) is 0 Å². The summed E-state index contributed by atoms with van der Waals surface area (Å²) in [5.74, 6) is -0.190. The largest absolute Gasteiger partial charge is 0.487 e. The molecule has 3 heteroatoms. The third-order valence-electron chi connectivity index (χ3n) is 3.35. The number of hydrogen-bond acceptors (Lipinski definition) is 2. The lowest BCUT2D eigenvalue weighted by Crippen LogP contribution is -2.26. The highest BCUT2D eigenvalue weighted by molar-refractivity contribution is 6.05. The Balaban J connectivity index is 2.59. The van der Waals surface area contributed by atoms with Gasteiger partial charge in [-0.1, -0.05) is 31.2 Å². The van der Waals surface area contributed by atoms with Crippen LogP contribution in [-0.2, 0) is 0 Å². The summed E-state index contributed by atoms with van der Waals surface area (Å²) >= 11 is 0. The zero-order chi connectivity index (χ0) is 14.0. The molecule has 0 spiro atoms. The van der Waals surface area contributed by atoms with Crippen molar-refractivity contribution in [2.75, 3.05) is 0 Å². The van der Waals surface area contributed by atoms with Gasteiger partial charge in [0.1, 0.15) is 11.4 Å². The predicted octanol–water partition coefficient (Wildman–Crippen LogP) is 4.11. The minimum absolute atomic E-state index is 0.270. The molecule has 0 radical (unpaired) electrons. The number of fused-ring (bicyclic) bond motifs is 1. The van der Waals surface area contributed by atoms with Gasteiger partial charge in [0.05, 0.1) is 5.56 Å². The first-order chi connectivity index (χ1) is 8.94. The maximum atomic E-state index is 11.2. The second kappa shape index (κ2) is 4.92. The van der Waals surface area contributed by atoms with Crippen LogP contribution in [-0.4, -0.2) is 16.7 Å². The first-order valence-corrected chi connectivity index (χ1v) is 6.38. The molecular formula is C16H18O3. The van der Waals surface area contributed by atoms with Gasteiger partial charge in [-0.15, -0.1) is 0 Å². The van der Waals surface area contributed by atoms with Crippen LogP contribution in [0.4, 0.5) is 0 Å². The molecule has 2 aromatic carbocycles. The van der Waals surface area contributed by atoms with Gasteiger partial charge in [0.25, 0.3) is 0 Å². The zero-order valence-corrected chi connectivity index (χ0v) is 11.4. The van der Waals surface area contributed by atoms with E-state index in [4.69, 9.17) is 4.74 Å². The van der Waals surface area contributed by atoms with Gasteiger partial charge in [-0.25, -0.2) is 4.79 Å². The minimum Gasteiger partial charge on any atom is -0.487 e. The van der Waals surface area contributed by atoms with Crippen molar-refractivity contribution in [3.63, 3.8) is 0 Å². The summed E-state index contributed by atoms with van der Waals surface area (Å²) in [4.78, 5) is 11.2. The van der Waals surface area contributed by atoms with E-state index >= 15 is 0 Å². The SMILES string of the molecule is CCC(C)(C)Oc1ccc(C(=O)O)c2ccccc12. The van der Waals surface area contributed by atoms with Crippen molar-refractivity contribution in [1.29, 1.82) is 0 Å². The average Bonchev–Trinajstić information content (AvgIpc) is 2.38. The Morgan fingerprint density at radius 3 is 2.37 bits per heavy atom. The molecule has 0 saturated carbocycles. The molecule has 100 valence electrons. The van der Waals surface area contributed by atoms with E-state index in [1.165, 1.54) is 0 Å². The molecule has 3 nitrogen and oxygen atoms in total. The van der Waals surface area contributed by atoms with Crippen molar-refractivity contribution in [3.05, 3.63) is 42.0 Å². The highest BCUT2D eigenvalue weighted by Crippen LogP contribution is 2.31. The van der Waals surface area contributed by atoms with Crippen molar-refractivity contribution in [2.24, 2.45) is 0 Å². The number of carbonyl (C=O) groups is 1. The smallest absolute Gasteiger partial charge is 0.336 e. The third-order valence-corrected chi connectivity index (χ3v) is 3.35. The van der Waals surface area contributed by atoms with Crippen molar-refractivity contribution in [2.45, 2.75) is 32.8 Å². The van der Waals surface area contributed by atoms with E-state index in [1.54, 1.807) is 12.1 Å². The van der Waals surface area contributed by atoms with Crippen LogP contribution in [0.2, 0.25) is 0 Å². The molecule has 0 atom stereocenters. The first-order valence-electron chi connectivity index (χ1n) is 6.38. The molecule has 0 aliphatic carbocycles. The van der Waals surface area contributed by atoms with Crippen LogP contribution in [0.15, 0.2) is 36.4 Å². The summed E-state index contributed by atoms with van der Waals surface area (Å²) in [6.45, 7) is 6.10. The van der Waals surface area contributed by atoms with Gasteiger partial charge in [-0.3, -0.25) is 0 Å². The Morgan fingerprint density at radius 1 is 1.16 bits per heavy atom. The molecule has 1 N–H and O–H groups in total. The molecular weight excluding hydrogens is 240 g/mol. The number of rotatable bonds is 4. The van der Waals surface area contributed by atoms with E-state index in [2.05, 4.69) is 6.92 Å². The molecule has 0 aromatic heterocycles. The van der Waals surface area contributed by atoms with E-state index < -0.39 is 5.97 Å². The fraction of sp³-hybridized carbons (Fsp3) is 0.312. The molecule has 19 heavy (non-hydrogen) atoms. The maximum Gasteiger partial charge on any atom is 0.336 e. The molecule has 0 saturated heterocycles. The maximum absolute atomic E-state index is 11.2. The summed E-state index contributed by atoms with van der Waals surface area (Å²) in [5, 5.41) is 10.8. The van der Waals surface area contributed by atoms with Gasteiger partial charge in [0, 0.05) is 5.39 Å². The molecule has 0 heterocycles. The second-order valence-electron chi connectivity index (χ2n) is 5.18. The van der Waals surface area contributed by atoms with Crippen molar-refractivity contribution < 1.29 is 14.6 Å². The van der Waals surface area contributed by atoms with Crippen LogP contribution in [0, 0.1) is 0 Å². The van der Waals surface area contributed by atoms with E-state index in [9.17, 15) is 9.90 Å². The van der Waals surface area contributed by atoms with E-state index in [0.29, 0.717) is 10.9 Å². The Hall–Kier alpha value is -2.03. The Kier molecular flexibility index (Phi) is 3.47. The van der Waals surface area contributed by atoms with E-state index in [0.717, 1.165) is 17.6 Å². The standard InChI is InChI=1S/C16H18O3/c1-4-16(2,3)19-14-10-9-13(15(17)18)11-7-5-6-8-12(11)14/h5-10H,4H2,1-3H3,(H,17,18). The Morgan fingerprint density at radius 2 is 1.79 bits per heavy atom. The summed E-state index contributed by atoms with van der Waals surface area (Å²) in [5.41, 5.74) is 0.0327. The Bertz CT molecular complexity index is 614. The number of carboxylic acid groups (broad SMARTS) is 1. The lowest BCUT2D eigenvalue weighted by Gasteiger charge is -2.26. The Labute approximate surface area is 112 Å². The van der Waals surface area contributed by atoms with Crippen molar-refractivity contribution in [3.8, 4) is 5.75 Å². The van der Waals surface area contributed by atoms with Crippen LogP contribution in [0.5, 0.6) is 5.75 Å². The molecule has 0 unspecified atom stereocenters. The van der Waals surface area contributed by atoms with Gasteiger partial charge in [0.15, 0.2) is 0 Å². The number of aromatic carboxylic acids is 1. The third kappa shape index (κ3) is 2.70. The second-order valence-corrected chi connectivity index (χ2v) is 5.18. The summed E-state index contributed by atoms with van der Waals surface area (Å²) in [6.07, 6.45) is 0.877. The number of benzene rings is 2. The fourth-order valence-electron chi connectivity index (χ4n) is 1.92. The van der Waals surface area contributed by atoms with Crippen LogP contribution in [0.1, 0.15) is 37.6 Å². The first kappa shape index (κ1) is 13.4. The molecule has 2 aromatic rings. The number of ether oxygens (including phenoxy) is 1. The monoisotopic (exact) mass is 258 g/mol. The molecule has 0 amide bonds. The molecule has 2 rings (SSSR count). The summed E-state index contributed by atoms with van der Waals surface area (Å²) < 4.78 is 6.01. The fourth-order valence-corrected chi connectivity index (χ4v) is 1.92. The van der Waals surface area contributed by atoms with Crippen LogP contribution >= 0.6 is 0 Å². The van der Waals surface area contributed by atoms with Crippen LogP contribution in [0.25, 0.3) is 10.8 Å². The number of carboxylic acids is 1. The molecule has 0 fully saturated rings. The highest BCUT2D eigenvalue weighted by atomic mass is 16.5. The molecule has 0 aliphatic rings. The molecule has 0 bridgehead atoms. The van der Waals surface area contributed by atoms with Crippen LogP contribution in [0.3, 0.4) is 0 Å². The van der Waals surface area contributed by atoms with Crippen molar-refractivity contribution >= 4 is 16.7 Å². The van der Waals surface area contributed by atoms with Gasteiger partial charge >= 0.3 is 5.97 Å². The summed E-state index contributed by atoms with van der Waals surface area (Å²) in [7, 11) is 0. The molecule has 0 aliphatic heterocycles.